The molecule has 1 fully saturated rings. The summed E-state index contributed by atoms with van der Waals surface area (Å²) in [4.78, 5) is 14.6. The summed E-state index contributed by atoms with van der Waals surface area (Å²) in [5, 5.41) is 8.33. The molecule has 0 saturated carbocycles. The molecular weight excluding hydrogens is 370 g/mol. The van der Waals surface area contributed by atoms with Gasteiger partial charge in [-0.2, -0.15) is 4.31 Å². The molecule has 9 nitrogen and oxygen atoms in total. The molecule has 3 heterocycles. The fourth-order valence-electron chi connectivity index (χ4n) is 3.55. The number of sulfonamides is 1. The number of rotatable bonds is 5. The molecule has 0 spiro atoms. The van der Waals surface area contributed by atoms with Gasteiger partial charge in [0.05, 0.1) is 32.6 Å². The monoisotopic (exact) mass is 399 g/mol. The Balaban J connectivity index is 1.71. The average Bonchev–Trinajstić information content (AvgIpc) is 2.80. The molecule has 0 radical (unpaired) electrons. The summed E-state index contributed by atoms with van der Waals surface area (Å²) in [7, 11) is -3.55. The van der Waals surface area contributed by atoms with Gasteiger partial charge in [-0.05, 0) is 12.8 Å². The highest BCUT2D eigenvalue weighted by molar-refractivity contribution is 7.88. The zero-order valence-corrected chi connectivity index (χ0v) is 16.8. The maximum Gasteiger partial charge on any atom is 0.237 e. The Bertz CT molecular complexity index is 741. The molecule has 0 aliphatic carbocycles. The SMILES string of the molecule is CS(=O)(=O)N(CC(=O)N1CCCCCCC1)Cc1nnc2n1CCOCC2. The molecule has 1 aromatic heterocycles. The molecule has 1 aromatic rings. The fourth-order valence-corrected chi connectivity index (χ4v) is 4.24. The predicted molar refractivity (Wildman–Crippen MR) is 99.5 cm³/mol. The van der Waals surface area contributed by atoms with Gasteiger partial charge in [-0.3, -0.25) is 4.79 Å². The Hall–Kier alpha value is -1.52. The molecule has 1 amide bonds. The van der Waals surface area contributed by atoms with Crippen molar-refractivity contribution >= 4 is 15.9 Å². The van der Waals surface area contributed by atoms with Crippen LogP contribution in [-0.4, -0.2) is 77.4 Å². The quantitative estimate of drug-likeness (QED) is 0.711. The molecule has 1 saturated heterocycles. The van der Waals surface area contributed by atoms with Gasteiger partial charge in [-0.1, -0.05) is 19.3 Å². The van der Waals surface area contributed by atoms with Gasteiger partial charge >= 0.3 is 0 Å². The van der Waals surface area contributed by atoms with Gasteiger partial charge in [0.2, 0.25) is 15.9 Å². The molecule has 3 rings (SSSR count). The number of fused-ring (bicyclic) bond motifs is 1. The van der Waals surface area contributed by atoms with Crippen LogP contribution in [0.3, 0.4) is 0 Å². The van der Waals surface area contributed by atoms with E-state index in [2.05, 4.69) is 10.2 Å². The lowest BCUT2D eigenvalue weighted by Gasteiger charge is -2.27. The van der Waals surface area contributed by atoms with Gasteiger partial charge < -0.3 is 14.2 Å². The number of aromatic nitrogens is 3. The van der Waals surface area contributed by atoms with E-state index in [4.69, 9.17) is 4.74 Å². The van der Waals surface area contributed by atoms with E-state index in [1.165, 1.54) is 10.7 Å². The summed E-state index contributed by atoms with van der Waals surface area (Å²) in [5.74, 6) is 1.22. The number of amides is 1. The number of nitrogens with zero attached hydrogens (tertiary/aromatic N) is 5. The van der Waals surface area contributed by atoms with E-state index >= 15 is 0 Å². The molecule has 0 aromatic carbocycles. The van der Waals surface area contributed by atoms with Crippen molar-refractivity contribution in [2.75, 3.05) is 39.1 Å². The summed E-state index contributed by atoms with van der Waals surface area (Å²) >= 11 is 0. The van der Waals surface area contributed by atoms with Crippen LogP contribution in [0.4, 0.5) is 0 Å². The largest absolute Gasteiger partial charge is 0.379 e. The number of carbonyl (C=O) groups excluding carboxylic acids is 1. The molecule has 0 atom stereocenters. The van der Waals surface area contributed by atoms with Crippen LogP contribution in [0, 0.1) is 0 Å². The smallest absolute Gasteiger partial charge is 0.237 e. The highest BCUT2D eigenvalue weighted by atomic mass is 32.2. The lowest BCUT2D eigenvalue weighted by Crippen LogP contribution is -2.43. The summed E-state index contributed by atoms with van der Waals surface area (Å²) in [6, 6.07) is 0. The number of hydrogen-bond donors (Lipinski definition) is 0. The van der Waals surface area contributed by atoms with Crippen molar-refractivity contribution in [3.05, 3.63) is 11.6 Å². The molecule has 0 N–H and O–H groups in total. The minimum Gasteiger partial charge on any atom is -0.379 e. The lowest BCUT2D eigenvalue weighted by molar-refractivity contribution is -0.131. The Labute approximate surface area is 160 Å². The topological polar surface area (TPSA) is 97.6 Å². The van der Waals surface area contributed by atoms with Crippen LogP contribution in [0.25, 0.3) is 0 Å². The van der Waals surface area contributed by atoms with Gasteiger partial charge in [-0.15, -0.1) is 10.2 Å². The highest BCUT2D eigenvalue weighted by Crippen LogP contribution is 2.14. The number of carbonyl (C=O) groups is 1. The Kier molecular flexibility index (Phi) is 6.83. The van der Waals surface area contributed by atoms with E-state index in [-0.39, 0.29) is 19.0 Å². The fraction of sp³-hybridized carbons (Fsp3) is 0.824. The van der Waals surface area contributed by atoms with E-state index in [0.717, 1.165) is 37.8 Å². The first-order valence-electron chi connectivity index (χ1n) is 9.67. The first-order valence-corrected chi connectivity index (χ1v) is 11.5. The molecule has 2 aliphatic heterocycles. The number of ether oxygens (including phenoxy) is 1. The Morgan fingerprint density at radius 1 is 1.07 bits per heavy atom. The third-order valence-corrected chi connectivity index (χ3v) is 6.34. The molecule has 0 unspecified atom stereocenters. The van der Waals surface area contributed by atoms with Crippen LogP contribution in [0.15, 0.2) is 0 Å². The van der Waals surface area contributed by atoms with Crippen LogP contribution in [0.2, 0.25) is 0 Å². The second-order valence-corrected chi connectivity index (χ2v) is 9.21. The van der Waals surface area contributed by atoms with E-state index in [0.29, 0.717) is 45.1 Å². The standard InChI is InChI=1S/C17H29N5O4S/c1-27(24,25)21(14-17(23)20-8-5-3-2-4-6-9-20)13-16-19-18-15-7-11-26-12-10-22(15)16/h2-14H2,1H3. The number of hydrogen-bond acceptors (Lipinski definition) is 6. The van der Waals surface area contributed by atoms with Crippen LogP contribution in [0.5, 0.6) is 0 Å². The lowest BCUT2D eigenvalue weighted by atomic mass is 10.1. The predicted octanol–water partition coefficient (Wildman–Crippen LogP) is 0.405. The third kappa shape index (κ3) is 5.49. The van der Waals surface area contributed by atoms with E-state index in [1.807, 2.05) is 4.57 Å². The zero-order chi connectivity index (χ0) is 19.3. The number of likely N-dealkylation sites (tertiary alicyclic amines) is 1. The summed E-state index contributed by atoms with van der Waals surface area (Å²) in [6.45, 7) is 3.02. The average molecular weight is 400 g/mol. The van der Waals surface area contributed by atoms with Crippen molar-refractivity contribution in [3.63, 3.8) is 0 Å². The maximum absolute atomic E-state index is 12.7. The molecular formula is C17H29N5O4S. The first-order chi connectivity index (χ1) is 12.9. The summed E-state index contributed by atoms with van der Waals surface area (Å²) in [5.41, 5.74) is 0. The van der Waals surface area contributed by atoms with Crippen LogP contribution in [0.1, 0.15) is 43.8 Å². The van der Waals surface area contributed by atoms with Crippen molar-refractivity contribution in [1.82, 2.24) is 24.0 Å². The van der Waals surface area contributed by atoms with Gasteiger partial charge in [-0.25, -0.2) is 8.42 Å². The minimum atomic E-state index is -3.55. The van der Waals surface area contributed by atoms with E-state index in [1.54, 1.807) is 4.90 Å². The van der Waals surface area contributed by atoms with Crippen LogP contribution >= 0.6 is 0 Å². The van der Waals surface area contributed by atoms with Gasteiger partial charge in [0.1, 0.15) is 11.6 Å². The normalized spacial score (nSPS) is 19.3. The van der Waals surface area contributed by atoms with Crippen LogP contribution in [-0.2, 0) is 39.1 Å². The maximum atomic E-state index is 12.7. The molecule has 27 heavy (non-hydrogen) atoms. The molecule has 152 valence electrons. The van der Waals surface area contributed by atoms with Crippen molar-refractivity contribution in [2.45, 2.75) is 51.6 Å². The van der Waals surface area contributed by atoms with E-state index in [9.17, 15) is 13.2 Å². The second kappa shape index (κ2) is 9.11. The molecule has 0 bridgehead atoms. The van der Waals surface area contributed by atoms with Crippen molar-refractivity contribution in [1.29, 1.82) is 0 Å². The third-order valence-electron chi connectivity index (χ3n) is 5.14. The van der Waals surface area contributed by atoms with Crippen molar-refractivity contribution in [3.8, 4) is 0 Å². The Morgan fingerprint density at radius 2 is 1.78 bits per heavy atom. The minimum absolute atomic E-state index is 0.0470. The van der Waals surface area contributed by atoms with Crippen LogP contribution < -0.4 is 0 Å². The summed E-state index contributed by atoms with van der Waals surface area (Å²) < 4.78 is 33.2. The van der Waals surface area contributed by atoms with Gasteiger partial charge in [0.25, 0.3) is 0 Å². The Morgan fingerprint density at radius 3 is 2.48 bits per heavy atom. The highest BCUT2D eigenvalue weighted by Gasteiger charge is 2.27. The van der Waals surface area contributed by atoms with Gasteiger partial charge in [0.15, 0.2) is 0 Å². The first kappa shape index (κ1) is 20.2. The van der Waals surface area contributed by atoms with Crippen molar-refractivity contribution in [2.24, 2.45) is 0 Å². The van der Waals surface area contributed by atoms with Gasteiger partial charge in [0, 0.05) is 26.1 Å². The second-order valence-electron chi connectivity index (χ2n) is 7.23. The molecule has 10 heteroatoms. The molecule has 2 aliphatic rings. The summed E-state index contributed by atoms with van der Waals surface area (Å²) in [6.07, 6.45) is 7.18. The van der Waals surface area contributed by atoms with Crippen molar-refractivity contribution < 1.29 is 17.9 Å². The van der Waals surface area contributed by atoms with E-state index < -0.39 is 10.0 Å². The zero-order valence-electron chi connectivity index (χ0n) is 16.0.